The fraction of sp³-hybridized carbons (Fsp3) is 0.381. The summed E-state index contributed by atoms with van der Waals surface area (Å²) in [6.07, 6.45) is -4.37. The van der Waals surface area contributed by atoms with E-state index < -0.39 is 58.9 Å². The third-order valence-corrected chi connectivity index (χ3v) is 5.86. The summed E-state index contributed by atoms with van der Waals surface area (Å²) in [6, 6.07) is 2.97. The molecule has 178 valence electrons. The Labute approximate surface area is 185 Å². The van der Waals surface area contributed by atoms with Crippen LogP contribution in [0.25, 0.3) is 0 Å². The molecular formula is C21H20F5N3O4. The number of carbonyl (C=O) groups excluding carboxylic acids is 2. The Bertz CT molecular complexity index is 1090. The Morgan fingerprint density at radius 1 is 1.24 bits per heavy atom. The van der Waals surface area contributed by atoms with E-state index in [0.717, 1.165) is 38.6 Å². The molecule has 33 heavy (non-hydrogen) atoms. The summed E-state index contributed by atoms with van der Waals surface area (Å²) in [7, 11) is 1.03. The van der Waals surface area contributed by atoms with Gasteiger partial charge in [0, 0.05) is 23.6 Å². The second-order valence-corrected chi connectivity index (χ2v) is 7.76. The van der Waals surface area contributed by atoms with Crippen molar-refractivity contribution in [2.24, 2.45) is 11.7 Å². The van der Waals surface area contributed by atoms with Gasteiger partial charge in [0.1, 0.15) is 6.10 Å². The molecule has 12 heteroatoms. The molecule has 1 aliphatic rings. The first kappa shape index (κ1) is 24.4. The van der Waals surface area contributed by atoms with E-state index in [-0.39, 0.29) is 16.8 Å². The van der Waals surface area contributed by atoms with E-state index in [1.54, 1.807) is 0 Å². The molecule has 0 aliphatic carbocycles. The van der Waals surface area contributed by atoms with Crippen LogP contribution in [0.3, 0.4) is 0 Å². The quantitative estimate of drug-likeness (QED) is 0.647. The number of primary amides is 1. The fourth-order valence-corrected chi connectivity index (χ4v) is 3.90. The van der Waals surface area contributed by atoms with Crippen LogP contribution in [0.5, 0.6) is 5.75 Å². The van der Waals surface area contributed by atoms with E-state index in [4.69, 9.17) is 15.2 Å². The fourth-order valence-electron chi connectivity index (χ4n) is 3.90. The van der Waals surface area contributed by atoms with Crippen molar-refractivity contribution in [1.82, 2.24) is 4.98 Å². The highest BCUT2D eigenvalue weighted by atomic mass is 19.4. The van der Waals surface area contributed by atoms with Crippen LogP contribution >= 0.6 is 0 Å². The summed E-state index contributed by atoms with van der Waals surface area (Å²) in [6.45, 7) is 1.97. The number of halogens is 5. The number of nitrogens with one attached hydrogen (secondary N) is 1. The first-order chi connectivity index (χ1) is 15.3. The van der Waals surface area contributed by atoms with Gasteiger partial charge in [-0.05, 0) is 19.1 Å². The van der Waals surface area contributed by atoms with E-state index in [9.17, 15) is 31.5 Å². The van der Waals surface area contributed by atoms with Crippen molar-refractivity contribution >= 4 is 17.5 Å². The van der Waals surface area contributed by atoms with Gasteiger partial charge in [-0.3, -0.25) is 14.6 Å². The zero-order chi connectivity index (χ0) is 24.7. The molecule has 1 aromatic carbocycles. The van der Waals surface area contributed by atoms with Crippen LogP contribution in [-0.2, 0) is 9.53 Å². The summed E-state index contributed by atoms with van der Waals surface area (Å²) >= 11 is 0. The summed E-state index contributed by atoms with van der Waals surface area (Å²) in [5.41, 5.74) is 2.15. The number of alkyl halides is 3. The number of rotatable bonds is 5. The lowest BCUT2D eigenvalue weighted by atomic mass is 9.77. The topological polar surface area (TPSA) is 104 Å². The average molecular weight is 473 g/mol. The Morgan fingerprint density at radius 3 is 2.48 bits per heavy atom. The van der Waals surface area contributed by atoms with Crippen molar-refractivity contribution in [3.63, 3.8) is 0 Å². The second-order valence-electron chi connectivity index (χ2n) is 7.76. The lowest BCUT2D eigenvalue weighted by Crippen LogP contribution is -2.47. The predicted octanol–water partition coefficient (Wildman–Crippen LogP) is 3.55. The molecule has 0 spiro atoms. The number of methoxy groups -OCH3 is 1. The smallest absolute Gasteiger partial charge is 0.417 e. The molecule has 2 aromatic rings. The summed E-state index contributed by atoms with van der Waals surface area (Å²) < 4.78 is 80.0. The van der Waals surface area contributed by atoms with Crippen LogP contribution in [0.1, 0.15) is 35.7 Å². The summed E-state index contributed by atoms with van der Waals surface area (Å²) in [5.74, 6) is -7.92. The van der Waals surface area contributed by atoms with Gasteiger partial charge in [0.15, 0.2) is 17.2 Å². The molecule has 2 amide bonds. The van der Waals surface area contributed by atoms with E-state index in [1.165, 1.54) is 13.0 Å². The Kier molecular flexibility index (Phi) is 6.33. The molecule has 0 radical (unpaired) electrons. The number of ether oxygens (including phenoxy) is 2. The maximum absolute atomic E-state index is 14.3. The van der Waals surface area contributed by atoms with Gasteiger partial charge < -0.3 is 20.5 Å². The first-order valence-corrected chi connectivity index (χ1v) is 9.64. The molecular weight excluding hydrogens is 453 g/mol. The third kappa shape index (κ3) is 4.22. The molecule has 0 bridgehead atoms. The number of benzene rings is 1. The number of hydrogen-bond donors (Lipinski definition) is 2. The van der Waals surface area contributed by atoms with Crippen molar-refractivity contribution in [2.75, 3.05) is 12.4 Å². The molecule has 4 atom stereocenters. The van der Waals surface area contributed by atoms with Gasteiger partial charge in [0.2, 0.25) is 11.7 Å². The van der Waals surface area contributed by atoms with Crippen LogP contribution in [0, 0.1) is 17.6 Å². The van der Waals surface area contributed by atoms with Crippen molar-refractivity contribution in [3.05, 3.63) is 53.4 Å². The maximum atomic E-state index is 14.3. The van der Waals surface area contributed by atoms with Crippen molar-refractivity contribution < 1.29 is 41.0 Å². The molecule has 1 fully saturated rings. The highest BCUT2D eigenvalue weighted by Gasteiger charge is 2.65. The number of aromatic nitrogens is 1. The lowest BCUT2D eigenvalue weighted by Gasteiger charge is -2.32. The van der Waals surface area contributed by atoms with E-state index >= 15 is 0 Å². The summed E-state index contributed by atoms with van der Waals surface area (Å²) in [4.78, 5) is 28.1. The molecule has 1 aliphatic heterocycles. The zero-order valence-electron chi connectivity index (χ0n) is 17.7. The number of nitrogens with zero attached hydrogens (tertiary/aromatic N) is 1. The van der Waals surface area contributed by atoms with Gasteiger partial charge in [0.05, 0.1) is 24.6 Å². The van der Waals surface area contributed by atoms with Gasteiger partial charge >= 0.3 is 6.18 Å². The lowest BCUT2D eigenvalue weighted by molar-refractivity contribution is -0.272. The molecule has 0 saturated carbocycles. The predicted molar refractivity (Wildman–Crippen MR) is 106 cm³/mol. The van der Waals surface area contributed by atoms with Crippen LogP contribution in [0.15, 0.2) is 30.6 Å². The van der Waals surface area contributed by atoms with Crippen LogP contribution in [0.2, 0.25) is 0 Å². The van der Waals surface area contributed by atoms with Crippen molar-refractivity contribution in [3.8, 4) is 5.75 Å². The second kappa shape index (κ2) is 8.58. The van der Waals surface area contributed by atoms with Gasteiger partial charge in [-0.2, -0.15) is 17.6 Å². The minimum atomic E-state index is -4.89. The third-order valence-electron chi connectivity index (χ3n) is 5.86. The highest BCUT2D eigenvalue weighted by Crippen LogP contribution is 2.54. The SMILES string of the molecule is COc1c([C@H]2[C@H](C(=O)Nc3cncc(C(N)=O)c3)O[C@](C)(C(F)(F)F)[C@H]2C)ccc(F)c1F. The largest absolute Gasteiger partial charge is 0.493 e. The Hall–Kier alpha value is -3.28. The van der Waals surface area contributed by atoms with E-state index in [1.807, 2.05) is 0 Å². The average Bonchev–Trinajstić information content (AvgIpc) is 3.02. The Balaban J connectivity index is 2.07. The van der Waals surface area contributed by atoms with Crippen LogP contribution in [0.4, 0.5) is 27.6 Å². The number of amides is 2. The Morgan fingerprint density at radius 2 is 1.91 bits per heavy atom. The first-order valence-electron chi connectivity index (χ1n) is 9.64. The van der Waals surface area contributed by atoms with Crippen LogP contribution < -0.4 is 15.8 Å². The number of nitrogens with two attached hydrogens (primary N) is 1. The number of carbonyl (C=O) groups is 2. The van der Waals surface area contributed by atoms with Crippen molar-refractivity contribution in [2.45, 2.75) is 37.6 Å². The minimum absolute atomic E-state index is 0.0239. The van der Waals surface area contributed by atoms with Gasteiger partial charge in [-0.25, -0.2) is 4.39 Å². The van der Waals surface area contributed by atoms with Gasteiger partial charge in [0.25, 0.3) is 5.91 Å². The summed E-state index contributed by atoms with van der Waals surface area (Å²) in [5, 5.41) is 2.34. The maximum Gasteiger partial charge on any atom is 0.417 e. The number of hydrogen-bond acceptors (Lipinski definition) is 5. The molecule has 1 saturated heterocycles. The molecule has 2 heterocycles. The van der Waals surface area contributed by atoms with Crippen molar-refractivity contribution in [1.29, 1.82) is 0 Å². The standard InChI is InChI=1S/C21H20F5N3O4/c1-9-14(12-4-5-13(22)15(23)16(12)32-3)17(33-20(9,2)21(24,25)26)19(31)29-11-6-10(18(27)30)7-28-8-11/h4-9,14,17H,1-3H3,(H2,27,30)(H,29,31)/t9-,14-,17+,20-/m0/s1. The molecule has 0 unspecified atom stereocenters. The van der Waals surface area contributed by atoms with E-state index in [2.05, 4.69) is 10.3 Å². The van der Waals surface area contributed by atoms with Crippen LogP contribution in [-0.4, -0.2) is 41.8 Å². The molecule has 3 N–H and O–H groups in total. The van der Waals surface area contributed by atoms with Gasteiger partial charge in [-0.15, -0.1) is 0 Å². The number of pyridine rings is 1. The monoisotopic (exact) mass is 473 g/mol. The zero-order valence-corrected chi connectivity index (χ0v) is 17.7. The minimum Gasteiger partial charge on any atom is -0.493 e. The molecule has 7 nitrogen and oxygen atoms in total. The normalized spacial score (nSPS) is 25.0. The van der Waals surface area contributed by atoms with E-state index in [0.29, 0.717) is 0 Å². The van der Waals surface area contributed by atoms with Gasteiger partial charge in [-0.1, -0.05) is 13.0 Å². The highest BCUT2D eigenvalue weighted by molar-refractivity contribution is 5.97. The molecule has 3 rings (SSSR count). The molecule has 1 aromatic heterocycles. The number of anilines is 1.